The molecule has 0 aromatic heterocycles. The summed E-state index contributed by atoms with van der Waals surface area (Å²) in [4.78, 5) is 25.5. The van der Waals surface area contributed by atoms with Crippen molar-refractivity contribution in [1.29, 1.82) is 0 Å². The van der Waals surface area contributed by atoms with Gasteiger partial charge in [0.05, 0.1) is 11.4 Å². The van der Waals surface area contributed by atoms with Crippen molar-refractivity contribution in [2.45, 2.75) is 18.9 Å². The highest BCUT2D eigenvalue weighted by molar-refractivity contribution is 5.89. The maximum Gasteiger partial charge on any atom is 0.246 e. The molecule has 3 rings (SSSR count). The summed E-state index contributed by atoms with van der Waals surface area (Å²) in [7, 11) is 0. The van der Waals surface area contributed by atoms with E-state index in [-0.39, 0.29) is 23.8 Å². The first kappa shape index (κ1) is 13.7. The molecule has 0 aliphatic carbocycles. The van der Waals surface area contributed by atoms with Gasteiger partial charge in [-0.1, -0.05) is 12.1 Å². The molecule has 1 aromatic carbocycles. The second-order valence-corrected chi connectivity index (χ2v) is 5.63. The summed E-state index contributed by atoms with van der Waals surface area (Å²) in [5.74, 6) is -0.263. The molecule has 1 unspecified atom stereocenters. The number of anilines is 2. The van der Waals surface area contributed by atoms with Crippen LogP contribution in [0.4, 0.5) is 11.4 Å². The SMILES string of the molecule is NC(=O)C1CCN(C(=O)C2CNc3ccccc3N2)CC1. The standard InChI is InChI=1S/C15H20N4O2/c16-14(20)10-5-7-19(8-6-10)15(21)13-9-17-11-3-1-2-4-12(11)18-13/h1-4,10,13,17-18H,5-9H2,(H2,16,20). The van der Waals surface area contributed by atoms with Crippen LogP contribution in [0.25, 0.3) is 0 Å². The number of para-hydroxylation sites is 2. The molecule has 1 fully saturated rings. The van der Waals surface area contributed by atoms with Gasteiger partial charge in [0.25, 0.3) is 0 Å². The molecule has 6 nitrogen and oxygen atoms in total. The predicted molar refractivity (Wildman–Crippen MR) is 80.8 cm³/mol. The van der Waals surface area contributed by atoms with Gasteiger partial charge in [0.15, 0.2) is 0 Å². The first-order valence-corrected chi connectivity index (χ1v) is 7.32. The molecule has 2 aliphatic heterocycles. The summed E-state index contributed by atoms with van der Waals surface area (Å²) in [5, 5.41) is 6.56. The van der Waals surface area contributed by atoms with Gasteiger partial charge in [0.2, 0.25) is 11.8 Å². The van der Waals surface area contributed by atoms with Crippen LogP contribution in [0.1, 0.15) is 12.8 Å². The van der Waals surface area contributed by atoms with E-state index in [4.69, 9.17) is 5.73 Å². The molecule has 0 radical (unpaired) electrons. The second kappa shape index (κ2) is 5.63. The lowest BCUT2D eigenvalue weighted by molar-refractivity contribution is -0.135. The highest BCUT2D eigenvalue weighted by Gasteiger charge is 2.31. The number of likely N-dealkylation sites (tertiary alicyclic amines) is 1. The zero-order chi connectivity index (χ0) is 14.8. The fourth-order valence-corrected chi connectivity index (χ4v) is 2.97. The molecule has 1 aromatic rings. The molecular formula is C15H20N4O2. The highest BCUT2D eigenvalue weighted by atomic mass is 16.2. The summed E-state index contributed by atoms with van der Waals surface area (Å²) in [6.07, 6.45) is 1.33. The third-order valence-electron chi connectivity index (χ3n) is 4.26. The van der Waals surface area contributed by atoms with Gasteiger partial charge in [-0.3, -0.25) is 9.59 Å². The van der Waals surface area contributed by atoms with Crippen LogP contribution in [0.2, 0.25) is 0 Å². The van der Waals surface area contributed by atoms with Gasteiger partial charge < -0.3 is 21.3 Å². The first-order valence-electron chi connectivity index (χ1n) is 7.32. The third kappa shape index (κ3) is 2.79. The molecule has 6 heteroatoms. The number of rotatable bonds is 2. The van der Waals surface area contributed by atoms with Gasteiger partial charge in [-0.05, 0) is 25.0 Å². The maximum atomic E-state index is 12.5. The van der Waals surface area contributed by atoms with Crippen molar-refractivity contribution >= 4 is 23.2 Å². The molecule has 1 saturated heterocycles. The molecule has 2 heterocycles. The molecule has 2 amide bonds. The van der Waals surface area contributed by atoms with E-state index in [2.05, 4.69) is 10.6 Å². The van der Waals surface area contributed by atoms with Crippen molar-refractivity contribution in [3.8, 4) is 0 Å². The van der Waals surface area contributed by atoms with Crippen molar-refractivity contribution in [2.24, 2.45) is 11.7 Å². The van der Waals surface area contributed by atoms with E-state index in [9.17, 15) is 9.59 Å². The molecule has 0 spiro atoms. The lowest BCUT2D eigenvalue weighted by Gasteiger charge is -2.35. The van der Waals surface area contributed by atoms with Gasteiger partial charge in [0.1, 0.15) is 6.04 Å². The lowest BCUT2D eigenvalue weighted by atomic mass is 9.95. The monoisotopic (exact) mass is 288 g/mol. The van der Waals surface area contributed by atoms with E-state index in [1.807, 2.05) is 29.2 Å². The molecule has 0 bridgehead atoms. The highest BCUT2D eigenvalue weighted by Crippen LogP contribution is 2.26. The fraction of sp³-hybridized carbons (Fsp3) is 0.467. The zero-order valence-corrected chi connectivity index (χ0v) is 11.8. The topological polar surface area (TPSA) is 87.5 Å². The number of nitrogens with zero attached hydrogens (tertiary/aromatic N) is 1. The minimum Gasteiger partial charge on any atom is -0.381 e. The number of amides is 2. The van der Waals surface area contributed by atoms with Crippen LogP contribution in [0.15, 0.2) is 24.3 Å². The summed E-state index contributed by atoms with van der Waals surface area (Å²) in [5.41, 5.74) is 7.30. The van der Waals surface area contributed by atoms with Gasteiger partial charge in [0, 0.05) is 25.6 Å². The molecule has 21 heavy (non-hydrogen) atoms. The maximum absolute atomic E-state index is 12.5. The van der Waals surface area contributed by atoms with E-state index >= 15 is 0 Å². The normalized spacial score (nSPS) is 21.9. The summed E-state index contributed by atoms with van der Waals surface area (Å²) < 4.78 is 0. The Morgan fingerprint density at radius 2 is 1.81 bits per heavy atom. The number of hydrogen-bond donors (Lipinski definition) is 3. The van der Waals surface area contributed by atoms with Crippen LogP contribution in [-0.4, -0.2) is 42.4 Å². The van der Waals surface area contributed by atoms with Crippen LogP contribution in [0, 0.1) is 5.92 Å². The van der Waals surface area contributed by atoms with Crippen molar-refractivity contribution in [1.82, 2.24) is 4.90 Å². The Hall–Kier alpha value is -2.24. The first-order chi connectivity index (χ1) is 10.1. The Bertz CT molecular complexity index is 552. The van der Waals surface area contributed by atoms with Crippen LogP contribution in [0.5, 0.6) is 0 Å². The third-order valence-corrected chi connectivity index (χ3v) is 4.26. The van der Waals surface area contributed by atoms with Crippen molar-refractivity contribution in [2.75, 3.05) is 30.3 Å². The van der Waals surface area contributed by atoms with Gasteiger partial charge >= 0.3 is 0 Å². The molecule has 0 saturated carbocycles. The smallest absolute Gasteiger partial charge is 0.246 e. The number of nitrogens with two attached hydrogens (primary N) is 1. The van der Waals surface area contributed by atoms with Crippen LogP contribution in [-0.2, 0) is 9.59 Å². The molecular weight excluding hydrogens is 268 g/mol. The van der Waals surface area contributed by atoms with E-state index in [1.54, 1.807) is 0 Å². The van der Waals surface area contributed by atoms with Gasteiger partial charge in [-0.15, -0.1) is 0 Å². The summed E-state index contributed by atoms with van der Waals surface area (Å²) >= 11 is 0. The number of primary amides is 1. The number of piperidine rings is 1. The number of hydrogen-bond acceptors (Lipinski definition) is 4. The van der Waals surface area contributed by atoms with Gasteiger partial charge in [-0.2, -0.15) is 0 Å². The Balaban J connectivity index is 1.61. The number of carbonyl (C=O) groups is 2. The van der Waals surface area contributed by atoms with Crippen LogP contribution < -0.4 is 16.4 Å². The molecule has 2 aliphatic rings. The van der Waals surface area contributed by atoms with E-state index in [0.29, 0.717) is 32.5 Å². The van der Waals surface area contributed by atoms with E-state index in [0.717, 1.165) is 11.4 Å². The molecule has 112 valence electrons. The minimum absolute atomic E-state index is 0.0833. The number of carbonyl (C=O) groups excluding carboxylic acids is 2. The lowest BCUT2D eigenvalue weighted by Crippen LogP contribution is -2.51. The number of nitrogens with one attached hydrogen (secondary N) is 2. The second-order valence-electron chi connectivity index (χ2n) is 5.63. The summed E-state index contributed by atoms with van der Waals surface area (Å²) in [6, 6.07) is 7.59. The Morgan fingerprint density at radius 1 is 1.14 bits per heavy atom. The quantitative estimate of drug-likeness (QED) is 0.744. The molecule has 4 N–H and O–H groups in total. The average Bonchev–Trinajstić information content (AvgIpc) is 2.54. The zero-order valence-electron chi connectivity index (χ0n) is 11.8. The summed E-state index contributed by atoms with van der Waals surface area (Å²) in [6.45, 7) is 1.78. The molecule has 1 atom stereocenters. The predicted octanol–water partition coefficient (Wildman–Crippen LogP) is 0.616. The Labute approximate surface area is 123 Å². The number of benzene rings is 1. The van der Waals surface area contributed by atoms with Crippen LogP contribution in [0.3, 0.4) is 0 Å². The number of fused-ring (bicyclic) bond motifs is 1. The fourth-order valence-electron chi connectivity index (χ4n) is 2.97. The van der Waals surface area contributed by atoms with Crippen LogP contribution >= 0.6 is 0 Å². The van der Waals surface area contributed by atoms with Crippen molar-refractivity contribution in [3.05, 3.63) is 24.3 Å². The Morgan fingerprint density at radius 3 is 2.48 bits per heavy atom. The van der Waals surface area contributed by atoms with E-state index < -0.39 is 0 Å². The van der Waals surface area contributed by atoms with Crippen molar-refractivity contribution in [3.63, 3.8) is 0 Å². The minimum atomic E-state index is -0.259. The van der Waals surface area contributed by atoms with Crippen molar-refractivity contribution < 1.29 is 9.59 Å². The van der Waals surface area contributed by atoms with E-state index in [1.165, 1.54) is 0 Å². The average molecular weight is 288 g/mol. The Kier molecular flexibility index (Phi) is 3.68. The van der Waals surface area contributed by atoms with Gasteiger partial charge in [-0.25, -0.2) is 0 Å². The largest absolute Gasteiger partial charge is 0.381 e.